The van der Waals surface area contributed by atoms with Crippen LogP contribution in [0, 0.1) is 0 Å². The van der Waals surface area contributed by atoms with Gasteiger partial charge in [-0.15, -0.1) is 0 Å². The number of nitrogens with two attached hydrogens (primary N) is 1. The van der Waals surface area contributed by atoms with Crippen LogP contribution in [0.1, 0.15) is 5.56 Å². The zero-order chi connectivity index (χ0) is 11.5. The number of cyclic esters (lactones) is 1. The monoisotopic (exact) mass is 240 g/mol. The molecule has 1 atom stereocenters. The molecule has 0 aliphatic carbocycles. The minimum absolute atomic E-state index is 0.0248. The SMILES string of the molecule is NCC1COC(=O)N1Cc1ccc(Cl)cc1. The van der Waals surface area contributed by atoms with Gasteiger partial charge in [-0.05, 0) is 17.7 Å². The summed E-state index contributed by atoms with van der Waals surface area (Å²) in [6.45, 7) is 1.31. The van der Waals surface area contributed by atoms with Crippen molar-refractivity contribution in [1.82, 2.24) is 4.90 Å². The molecule has 0 bridgehead atoms. The fourth-order valence-corrected chi connectivity index (χ4v) is 1.79. The number of amides is 1. The Kier molecular flexibility index (Phi) is 3.31. The number of hydrogen-bond acceptors (Lipinski definition) is 3. The van der Waals surface area contributed by atoms with Crippen LogP contribution in [0.3, 0.4) is 0 Å². The van der Waals surface area contributed by atoms with Gasteiger partial charge < -0.3 is 10.5 Å². The van der Waals surface area contributed by atoms with E-state index >= 15 is 0 Å². The zero-order valence-electron chi connectivity index (χ0n) is 8.73. The van der Waals surface area contributed by atoms with Crippen molar-refractivity contribution in [3.8, 4) is 0 Å². The standard InChI is InChI=1S/C11H13ClN2O2/c12-9-3-1-8(2-4-9)6-14-10(5-13)7-16-11(14)15/h1-4,10H,5-7,13H2. The molecular formula is C11H13ClN2O2. The summed E-state index contributed by atoms with van der Waals surface area (Å²) in [5.41, 5.74) is 6.58. The van der Waals surface area contributed by atoms with Crippen LogP contribution < -0.4 is 5.73 Å². The molecule has 5 heteroatoms. The minimum atomic E-state index is -0.301. The smallest absolute Gasteiger partial charge is 0.410 e. The van der Waals surface area contributed by atoms with Crippen molar-refractivity contribution in [2.45, 2.75) is 12.6 Å². The van der Waals surface area contributed by atoms with Gasteiger partial charge in [0.1, 0.15) is 6.61 Å². The Bertz CT molecular complexity index is 380. The summed E-state index contributed by atoms with van der Waals surface area (Å²) < 4.78 is 4.95. The van der Waals surface area contributed by atoms with Crippen LogP contribution in [0.2, 0.25) is 5.02 Å². The molecule has 16 heavy (non-hydrogen) atoms. The summed E-state index contributed by atoms with van der Waals surface area (Å²) in [5, 5.41) is 0.683. The van der Waals surface area contributed by atoms with E-state index in [4.69, 9.17) is 22.1 Å². The third-order valence-corrected chi connectivity index (χ3v) is 2.86. The fraction of sp³-hybridized carbons (Fsp3) is 0.364. The average molecular weight is 241 g/mol. The van der Waals surface area contributed by atoms with Crippen LogP contribution in [0.25, 0.3) is 0 Å². The van der Waals surface area contributed by atoms with Gasteiger partial charge in [0.05, 0.1) is 6.04 Å². The molecule has 1 aliphatic rings. The van der Waals surface area contributed by atoms with Gasteiger partial charge >= 0.3 is 6.09 Å². The summed E-state index contributed by atoms with van der Waals surface area (Å²) >= 11 is 5.79. The summed E-state index contributed by atoms with van der Waals surface area (Å²) in [6.07, 6.45) is -0.301. The molecule has 1 aliphatic heterocycles. The zero-order valence-corrected chi connectivity index (χ0v) is 9.48. The van der Waals surface area contributed by atoms with Crippen molar-refractivity contribution in [3.63, 3.8) is 0 Å². The van der Waals surface area contributed by atoms with Crippen LogP contribution in [-0.2, 0) is 11.3 Å². The molecule has 1 saturated heterocycles. The van der Waals surface area contributed by atoms with E-state index in [1.165, 1.54) is 0 Å². The molecule has 0 radical (unpaired) electrons. The summed E-state index contributed by atoms with van der Waals surface area (Å²) in [5.74, 6) is 0. The summed E-state index contributed by atoms with van der Waals surface area (Å²) in [7, 11) is 0. The predicted octanol–water partition coefficient (Wildman–Crippen LogP) is 1.62. The number of nitrogens with zero attached hydrogens (tertiary/aromatic N) is 1. The minimum Gasteiger partial charge on any atom is -0.447 e. The number of hydrogen-bond donors (Lipinski definition) is 1. The van der Waals surface area contributed by atoms with Gasteiger partial charge in [-0.2, -0.15) is 0 Å². The van der Waals surface area contributed by atoms with Crippen molar-refractivity contribution in [2.75, 3.05) is 13.2 Å². The van der Waals surface area contributed by atoms with Crippen LogP contribution in [0.5, 0.6) is 0 Å². The molecule has 1 fully saturated rings. The highest BCUT2D eigenvalue weighted by Gasteiger charge is 2.31. The lowest BCUT2D eigenvalue weighted by Crippen LogP contribution is -2.38. The molecule has 1 amide bonds. The van der Waals surface area contributed by atoms with Crippen molar-refractivity contribution >= 4 is 17.7 Å². The predicted molar refractivity (Wildman–Crippen MR) is 61.2 cm³/mol. The van der Waals surface area contributed by atoms with Crippen molar-refractivity contribution in [2.24, 2.45) is 5.73 Å². The second-order valence-electron chi connectivity index (χ2n) is 3.72. The lowest BCUT2D eigenvalue weighted by atomic mass is 10.2. The van der Waals surface area contributed by atoms with Crippen molar-refractivity contribution < 1.29 is 9.53 Å². The van der Waals surface area contributed by atoms with Gasteiger partial charge in [0.2, 0.25) is 0 Å². The summed E-state index contributed by atoms with van der Waals surface area (Å²) in [4.78, 5) is 13.1. The maximum absolute atomic E-state index is 11.4. The maximum atomic E-state index is 11.4. The van der Waals surface area contributed by atoms with Crippen LogP contribution in [0.4, 0.5) is 4.79 Å². The van der Waals surface area contributed by atoms with Crippen LogP contribution in [-0.4, -0.2) is 30.2 Å². The summed E-state index contributed by atoms with van der Waals surface area (Å²) in [6, 6.07) is 7.36. The number of halogens is 1. The Hall–Kier alpha value is -1.26. The van der Waals surface area contributed by atoms with Gasteiger partial charge in [0.15, 0.2) is 0 Å². The normalized spacial score (nSPS) is 20.0. The fourth-order valence-electron chi connectivity index (χ4n) is 1.66. The first-order chi connectivity index (χ1) is 7.70. The molecule has 4 nitrogen and oxygen atoms in total. The molecule has 0 aromatic heterocycles. The van der Waals surface area contributed by atoms with Gasteiger partial charge in [-0.25, -0.2) is 4.79 Å². The first-order valence-corrected chi connectivity index (χ1v) is 5.46. The number of carbonyl (C=O) groups is 1. The molecule has 1 unspecified atom stereocenters. The van der Waals surface area contributed by atoms with Gasteiger partial charge in [-0.3, -0.25) is 4.90 Å². The number of rotatable bonds is 3. The van der Waals surface area contributed by atoms with Crippen molar-refractivity contribution in [3.05, 3.63) is 34.9 Å². The first-order valence-electron chi connectivity index (χ1n) is 5.08. The van der Waals surface area contributed by atoms with E-state index in [0.29, 0.717) is 24.7 Å². The largest absolute Gasteiger partial charge is 0.447 e. The number of carbonyl (C=O) groups excluding carboxylic acids is 1. The quantitative estimate of drug-likeness (QED) is 0.874. The van der Waals surface area contributed by atoms with Gasteiger partial charge in [0.25, 0.3) is 0 Å². The van der Waals surface area contributed by atoms with E-state index in [2.05, 4.69) is 0 Å². The van der Waals surface area contributed by atoms with E-state index in [1.54, 1.807) is 17.0 Å². The molecular weight excluding hydrogens is 228 g/mol. The van der Waals surface area contributed by atoms with E-state index in [0.717, 1.165) is 5.56 Å². The topological polar surface area (TPSA) is 55.6 Å². The van der Waals surface area contributed by atoms with E-state index < -0.39 is 0 Å². The number of ether oxygens (including phenoxy) is 1. The highest BCUT2D eigenvalue weighted by molar-refractivity contribution is 6.30. The lowest BCUT2D eigenvalue weighted by Gasteiger charge is -2.19. The Morgan fingerprint density at radius 1 is 1.44 bits per heavy atom. The molecule has 1 aromatic carbocycles. The molecule has 2 rings (SSSR count). The molecule has 86 valence electrons. The van der Waals surface area contributed by atoms with Crippen molar-refractivity contribution in [1.29, 1.82) is 0 Å². The molecule has 0 spiro atoms. The van der Waals surface area contributed by atoms with E-state index in [-0.39, 0.29) is 12.1 Å². The second kappa shape index (κ2) is 4.72. The van der Waals surface area contributed by atoms with E-state index in [1.807, 2.05) is 12.1 Å². The second-order valence-corrected chi connectivity index (χ2v) is 4.16. The Morgan fingerprint density at radius 3 is 2.75 bits per heavy atom. The average Bonchev–Trinajstić information content (AvgIpc) is 2.63. The van der Waals surface area contributed by atoms with Gasteiger partial charge in [0, 0.05) is 18.1 Å². The Balaban J connectivity index is 2.08. The van der Waals surface area contributed by atoms with Crippen LogP contribution in [0.15, 0.2) is 24.3 Å². The van der Waals surface area contributed by atoms with E-state index in [9.17, 15) is 4.79 Å². The third-order valence-electron chi connectivity index (χ3n) is 2.61. The lowest BCUT2D eigenvalue weighted by molar-refractivity contribution is 0.156. The number of benzene rings is 1. The van der Waals surface area contributed by atoms with Crippen LogP contribution >= 0.6 is 11.6 Å². The molecule has 1 heterocycles. The maximum Gasteiger partial charge on any atom is 0.410 e. The highest BCUT2D eigenvalue weighted by Crippen LogP contribution is 2.17. The first kappa shape index (κ1) is 11.2. The molecule has 1 aromatic rings. The highest BCUT2D eigenvalue weighted by atomic mass is 35.5. The van der Waals surface area contributed by atoms with Gasteiger partial charge in [-0.1, -0.05) is 23.7 Å². The molecule has 0 saturated carbocycles. The Labute approximate surface area is 98.9 Å². The molecule has 2 N–H and O–H groups in total. The third kappa shape index (κ3) is 2.28. The Morgan fingerprint density at radius 2 is 2.12 bits per heavy atom.